The fourth-order valence-corrected chi connectivity index (χ4v) is 0.883. The summed E-state index contributed by atoms with van der Waals surface area (Å²) in [5.74, 6) is -1.09. The second kappa shape index (κ2) is 3.76. The molecule has 66 valence electrons. The maximum absolute atomic E-state index is 12.5. The Morgan fingerprint density at radius 2 is 2.17 bits per heavy atom. The van der Waals surface area contributed by atoms with Crippen LogP contribution in [0.1, 0.15) is 17.6 Å². The van der Waals surface area contributed by atoms with Gasteiger partial charge in [-0.2, -0.15) is 4.39 Å². The fraction of sp³-hybridized carbons (Fsp3) is 0.286. The van der Waals surface area contributed by atoms with Crippen molar-refractivity contribution in [3.8, 4) is 0 Å². The van der Waals surface area contributed by atoms with E-state index in [-0.39, 0.29) is 5.88 Å². The van der Waals surface area contributed by atoms with E-state index in [1.807, 2.05) is 0 Å². The third-order valence-corrected chi connectivity index (χ3v) is 1.62. The summed E-state index contributed by atoms with van der Waals surface area (Å²) in [6.07, 6.45) is -1.71. The molecule has 0 bridgehead atoms. The van der Waals surface area contributed by atoms with E-state index < -0.39 is 17.9 Å². The lowest BCUT2D eigenvalue weighted by Gasteiger charge is -2.01. The molecule has 0 saturated heterocycles. The van der Waals surface area contributed by atoms with Crippen LogP contribution in [0, 0.1) is 5.95 Å². The van der Waals surface area contributed by atoms with Gasteiger partial charge in [0.25, 0.3) is 6.43 Å². The topological polar surface area (TPSA) is 12.9 Å². The van der Waals surface area contributed by atoms with Gasteiger partial charge in [0, 0.05) is 12.1 Å². The zero-order valence-corrected chi connectivity index (χ0v) is 6.65. The van der Waals surface area contributed by atoms with Crippen LogP contribution in [0.15, 0.2) is 12.3 Å². The van der Waals surface area contributed by atoms with Crippen molar-refractivity contribution in [3.05, 3.63) is 29.3 Å². The number of pyridine rings is 1. The average Bonchev–Trinajstić information content (AvgIpc) is 2.05. The van der Waals surface area contributed by atoms with Crippen LogP contribution in [0.2, 0.25) is 0 Å². The molecule has 1 aromatic heterocycles. The van der Waals surface area contributed by atoms with Crippen LogP contribution in [0.3, 0.4) is 0 Å². The highest BCUT2D eigenvalue weighted by molar-refractivity contribution is 6.17. The summed E-state index contributed by atoms with van der Waals surface area (Å²) < 4.78 is 36.6. The normalized spacial score (nSPS) is 10.8. The van der Waals surface area contributed by atoms with E-state index >= 15 is 0 Å². The molecular weight excluding hydrogens is 191 g/mol. The van der Waals surface area contributed by atoms with E-state index in [9.17, 15) is 13.2 Å². The molecule has 0 fully saturated rings. The van der Waals surface area contributed by atoms with Crippen LogP contribution >= 0.6 is 11.6 Å². The number of nitrogens with zero attached hydrogens (tertiary/aromatic N) is 1. The molecule has 0 radical (unpaired) electrons. The third kappa shape index (κ3) is 1.88. The molecule has 0 aromatic carbocycles. The summed E-state index contributed by atoms with van der Waals surface area (Å²) in [7, 11) is 0. The first-order valence-electron chi connectivity index (χ1n) is 3.13. The van der Waals surface area contributed by atoms with Gasteiger partial charge in [0.05, 0.1) is 5.56 Å². The predicted molar refractivity (Wildman–Crippen MR) is 38.7 cm³/mol. The monoisotopic (exact) mass is 195 g/mol. The Morgan fingerprint density at radius 3 is 2.67 bits per heavy atom. The molecule has 0 aliphatic carbocycles. The van der Waals surface area contributed by atoms with Gasteiger partial charge in [0.1, 0.15) is 0 Å². The number of aromatic nitrogens is 1. The Labute approximate surface area is 72.2 Å². The van der Waals surface area contributed by atoms with Crippen LogP contribution in [0.25, 0.3) is 0 Å². The summed E-state index contributed by atoms with van der Waals surface area (Å²) >= 11 is 5.35. The molecule has 1 nitrogen and oxygen atoms in total. The van der Waals surface area contributed by atoms with Gasteiger partial charge in [-0.05, 0) is 11.6 Å². The Bertz CT molecular complexity index is 277. The van der Waals surface area contributed by atoms with E-state index in [1.165, 1.54) is 0 Å². The van der Waals surface area contributed by atoms with Crippen molar-refractivity contribution in [3.63, 3.8) is 0 Å². The van der Waals surface area contributed by atoms with Crippen LogP contribution in [-0.2, 0) is 5.88 Å². The van der Waals surface area contributed by atoms with Gasteiger partial charge in [0.2, 0.25) is 5.95 Å². The van der Waals surface area contributed by atoms with E-state index in [0.717, 1.165) is 12.3 Å². The van der Waals surface area contributed by atoms with Gasteiger partial charge >= 0.3 is 0 Å². The second-order valence-corrected chi connectivity index (χ2v) is 2.43. The van der Waals surface area contributed by atoms with Crippen molar-refractivity contribution in [1.82, 2.24) is 4.98 Å². The molecule has 0 saturated carbocycles. The second-order valence-electron chi connectivity index (χ2n) is 2.16. The molecule has 12 heavy (non-hydrogen) atoms. The Hall–Kier alpha value is -0.770. The lowest BCUT2D eigenvalue weighted by Crippen LogP contribution is -1.95. The molecule has 0 N–H and O–H groups in total. The Kier molecular flexibility index (Phi) is 2.92. The summed E-state index contributed by atoms with van der Waals surface area (Å²) in [6, 6.07) is 1.01. The van der Waals surface area contributed by atoms with Crippen molar-refractivity contribution < 1.29 is 13.2 Å². The highest BCUT2D eigenvalue weighted by Crippen LogP contribution is 2.21. The van der Waals surface area contributed by atoms with Crippen LogP contribution in [-0.4, -0.2) is 4.98 Å². The number of hydrogen-bond acceptors (Lipinski definition) is 1. The van der Waals surface area contributed by atoms with Crippen LogP contribution < -0.4 is 0 Å². The average molecular weight is 196 g/mol. The zero-order chi connectivity index (χ0) is 9.14. The van der Waals surface area contributed by atoms with E-state index in [1.54, 1.807) is 0 Å². The lowest BCUT2D eigenvalue weighted by molar-refractivity contribution is 0.145. The highest BCUT2D eigenvalue weighted by Gasteiger charge is 2.14. The first kappa shape index (κ1) is 9.32. The molecule has 1 rings (SSSR count). The highest BCUT2D eigenvalue weighted by atomic mass is 35.5. The van der Waals surface area contributed by atoms with E-state index in [0.29, 0.717) is 5.56 Å². The molecule has 0 amide bonds. The third-order valence-electron chi connectivity index (χ3n) is 1.31. The van der Waals surface area contributed by atoms with Crippen molar-refractivity contribution in [2.45, 2.75) is 12.3 Å². The van der Waals surface area contributed by atoms with Crippen LogP contribution in [0.4, 0.5) is 13.2 Å². The fourth-order valence-electron chi connectivity index (χ4n) is 0.737. The van der Waals surface area contributed by atoms with Gasteiger partial charge in [-0.3, -0.25) is 0 Å². The smallest absolute Gasteiger partial charge is 0.228 e. The first-order valence-corrected chi connectivity index (χ1v) is 3.67. The maximum Gasteiger partial charge on any atom is 0.268 e. The van der Waals surface area contributed by atoms with Crippen molar-refractivity contribution in [2.75, 3.05) is 0 Å². The van der Waals surface area contributed by atoms with E-state index in [2.05, 4.69) is 4.98 Å². The molecule has 0 aliphatic rings. The van der Waals surface area contributed by atoms with Crippen molar-refractivity contribution >= 4 is 11.6 Å². The van der Waals surface area contributed by atoms with Crippen molar-refractivity contribution in [2.24, 2.45) is 0 Å². The zero-order valence-electron chi connectivity index (χ0n) is 5.90. The Morgan fingerprint density at radius 1 is 1.50 bits per heavy atom. The number of alkyl halides is 3. The summed E-state index contributed by atoms with van der Waals surface area (Å²) in [4.78, 5) is 3.14. The van der Waals surface area contributed by atoms with E-state index in [4.69, 9.17) is 11.6 Å². The minimum Gasteiger partial charge on any atom is -0.228 e. The van der Waals surface area contributed by atoms with Crippen LogP contribution in [0.5, 0.6) is 0 Å². The number of halogens is 4. The molecule has 5 heteroatoms. The van der Waals surface area contributed by atoms with Gasteiger partial charge in [0.15, 0.2) is 0 Å². The largest absolute Gasteiger partial charge is 0.268 e. The molecule has 1 heterocycles. The van der Waals surface area contributed by atoms with Gasteiger partial charge < -0.3 is 0 Å². The first-order chi connectivity index (χ1) is 5.65. The summed E-state index contributed by atoms with van der Waals surface area (Å²) in [5.41, 5.74) is -0.318. The van der Waals surface area contributed by atoms with Crippen molar-refractivity contribution in [1.29, 1.82) is 0 Å². The predicted octanol–water partition coefficient (Wildman–Crippen LogP) is 2.90. The van der Waals surface area contributed by atoms with Gasteiger partial charge in [-0.1, -0.05) is 0 Å². The summed E-state index contributed by atoms with van der Waals surface area (Å²) in [6.45, 7) is 0. The summed E-state index contributed by atoms with van der Waals surface area (Å²) in [5, 5.41) is 0. The number of rotatable bonds is 2. The molecule has 0 atom stereocenters. The standard InChI is InChI=1S/C7H5ClF3N/c8-2-4-1-5(6(9)10)7(11)12-3-4/h1,3,6H,2H2. The van der Waals surface area contributed by atoms with Gasteiger partial charge in [-0.25, -0.2) is 13.8 Å². The quantitative estimate of drug-likeness (QED) is 0.522. The number of hydrogen-bond donors (Lipinski definition) is 0. The minimum atomic E-state index is -2.85. The SMILES string of the molecule is Fc1ncc(CCl)cc1C(F)F. The lowest BCUT2D eigenvalue weighted by atomic mass is 10.2. The molecular formula is C7H5ClF3N. The minimum absolute atomic E-state index is 0.0486. The molecule has 0 aliphatic heterocycles. The molecule has 0 unspecified atom stereocenters. The molecule has 1 aromatic rings. The maximum atomic E-state index is 12.5. The molecule has 0 spiro atoms. The Balaban J connectivity index is 3.08. The van der Waals surface area contributed by atoms with Gasteiger partial charge in [-0.15, -0.1) is 11.6 Å².